The van der Waals surface area contributed by atoms with Crippen molar-refractivity contribution in [1.82, 2.24) is 34.3 Å². The first-order valence-electron chi connectivity index (χ1n) is 8.86. The first kappa shape index (κ1) is 15.8. The number of aromatic nitrogens is 7. The summed E-state index contributed by atoms with van der Waals surface area (Å²) in [6, 6.07) is 5.80. The van der Waals surface area contributed by atoms with Gasteiger partial charge in [-0.05, 0) is 25.0 Å². The average Bonchev–Trinajstić information content (AvgIpc) is 3.47. The van der Waals surface area contributed by atoms with Crippen LogP contribution >= 0.6 is 0 Å². The number of imidazole rings is 1. The minimum absolute atomic E-state index is 0.0599. The molecule has 3 N–H and O–H groups in total. The van der Waals surface area contributed by atoms with Gasteiger partial charge in [-0.1, -0.05) is 0 Å². The lowest BCUT2D eigenvalue weighted by atomic mass is 10.2. The van der Waals surface area contributed by atoms with Gasteiger partial charge in [0.25, 0.3) is 0 Å². The summed E-state index contributed by atoms with van der Waals surface area (Å²) in [5, 5.41) is 24.4. The van der Waals surface area contributed by atoms with E-state index < -0.39 is 0 Å². The number of hydrogen-bond acceptors (Lipinski definition) is 7. The number of anilines is 3. The molecule has 1 unspecified atom stereocenters. The molecule has 1 aliphatic heterocycles. The molecule has 0 amide bonds. The Morgan fingerprint density at radius 1 is 1.33 bits per heavy atom. The highest BCUT2D eigenvalue weighted by Crippen LogP contribution is 2.26. The molecule has 1 atom stereocenters. The fourth-order valence-electron chi connectivity index (χ4n) is 3.46. The molecule has 1 aliphatic rings. The third kappa shape index (κ3) is 2.79. The van der Waals surface area contributed by atoms with Crippen molar-refractivity contribution < 1.29 is 5.11 Å². The first-order chi connectivity index (χ1) is 13.3. The van der Waals surface area contributed by atoms with Gasteiger partial charge in [0.05, 0.1) is 18.8 Å². The summed E-state index contributed by atoms with van der Waals surface area (Å²) in [5.74, 6) is 2.69. The van der Waals surface area contributed by atoms with E-state index in [2.05, 4.69) is 30.5 Å². The molecule has 27 heavy (non-hydrogen) atoms. The summed E-state index contributed by atoms with van der Waals surface area (Å²) < 4.78 is 3.61. The van der Waals surface area contributed by atoms with E-state index in [1.807, 2.05) is 35.2 Å². The van der Waals surface area contributed by atoms with Crippen LogP contribution in [0.15, 0.2) is 43.1 Å². The summed E-state index contributed by atoms with van der Waals surface area (Å²) in [5.41, 5.74) is 0.854. The Morgan fingerprint density at radius 2 is 2.30 bits per heavy atom. The summed E-state index contributed by atoms with van der Waals surface area (Å²) in [7, 11) is 0. The number of rotatable bonds is 5. The van der Waals surface area contributed by atoms with Gasteiger partial charge in [0.15, 0.2) is 11.6 Å². The number of aliphatic hydroxyl groups is 1. The van der Waals surface area contributed by atoms with E-state index in [4.69, 9.17) is 4.98 Å². The van der Waals surface area contributed by atoms with Crippen molar-refractivity contribution >= 4 is 23.1 Å². The second kappa shape index (κ2) is 6.40. The molecule has 10 nitrogen and oxygen atoms in total. The van der Waals surface area contributed by atoms with Crippen LogP contribution in [0.4, 0.5) is 17.6 Å². The zero-order valence-corrected chi connectivity index (χ0v) is 14.5. The zero-order chi connectivity index (χ0) is 18.2. The molecule has 10 heteroatoms. The standard InChI is InChI=1S/C17H19N9O/c27-10-12-3-1-7-25(12)17-21-16(13-4-2-8-26(13)23-17)20-14-9-24(11-18-14)15-5-6-19-22-15/h2,4-6,8-9,11-12,27H,1,3,7,10H2,(H,19,22)(H,20,21,23). The van der Waals surface area contributed by atoms with Gasteiger partial charge in [-0.25, -0.2) is 9.50 Å². The molecule has 1 fully saturated rings. The van der Waals surface area contributed by atoms with Crippen molar-refractivity contribution in [2.45, 2.75) is 18.9 Å². The van der Waals surface area contributed by atoms with Gasteiger partial charge >= 0.3 is 0 Å². The number of nitrogens with zero attached hydrogens (tertiary/aromatic N) is 7. The monoisotopic (exact) mass is 365 g/mol. The maximum absolute atomic E-state index is 9.63. The Hall–Kier alpha value is -3.40. The molecule has 5 heterocycles. The molecule has 0 bridgehead atoms. The first-order valence-corrected chi connectivity index (χ1v) is 8.86. The van der Waals surface area contributed by atoms with Gasteiger partial charge < -0.3 is 15.3 Å². The maximum atomic E-state index is 9.63. The third-order valence-corrected chi connectivity index (χ3v) is 4.80. The summed E-state index contributed by atoms with van der Waals surface area (Å²) in [4.78, 5) is 11.2. The number of H-pyrrole nitrogens is 1. The molecule has 5 rings (SSSR count). The smallest absolute Gasteiger partial charge is 0.245 e. The van der Waals surface area contributed by atoms with Crippen molar-refractivity contribution in [3.05, 3.63) is 43.1 Å². The van der Waals surface area contributed by atoms with Crippen molar-refractivity contribution in [3.8, 4) is 5.82 Å². The molecular weight excluding hydrogens is 346 g/mol. The molecule has 4 aromatic heterocycles. The van der Waals surface area contributed by atoms with Crippen LogP contribution in [-0.2, 0) is 0 Å². The van der Waals surface area contributed by atoms with Gasteiger partial charge in [-0.2, -0.15) is 10.1 Å². The molecular formula is C17H19N9O. The molecule has 138 valence electrons. The SMILES string of the molecule is OCC1CCCN1c1nc(Nc2cn(-c3cc[nH]n3)cn2)c2cccn2n1. The van der Waals surface area contributed by atoms with Crippen molar-refractivity contribution in [2.24, 2.45) is 0 Å². The summed E-state index contributed by atoms with van der Waals surface area (Å²) in [6.07, 6.45) is 9.16. The van der Waals surface area contributed by atoms with Crippen molar-refractivity contribution in [1.29, 1.82) is 0 Å². The second-order valence-corrected chi connectivity index (χ2v) is 6.49. The normalized spacial score (nSPS) is 17.1. The van der Waals surface area contributed by atoms with Crippen LogP contribution in [0.25, 0.3) is 11.3 Å². The Kier molecular flexibility index (Phi) is 3.75. The Bertz CT molecular complexity index is 1050. The Balaban J connectivity index is 1.50. The van der Waals surface area contributed by atoms with E-state index >= 15 is 0 Å². The lowest BCUT2D eigenvalue weighted by Crippen LogP contribution is -2.34. The highest BCUT2D eigenvalue weighted by atomic mass is 16.3. The van der Waals surface area contributed by atoms with E-state index in [1.54, 1.807) is 17.0 Å². The van der Waals surface area contributed by atoms with Crippen molar-refractivity contribution in [2.75, 3.05) is 23.4 Å². The Labute approximate surface area is 154 Å². The highest BCUT2D eigenvalue weighted by Gasteiger charge is 2.27. The van der Waals surface area contributed by atoms with Gasteiger partial charge in [-0.15, -0.1) is 5.10 Å². The number of aromatic amines is 1. The topological polar surface area (TPSA) is 112 Å². The lowest BCUT2D eigenvalue weighted by molar-refractivity contribution is 0.265. The largest absolute Gasteiger partial charge is 0.394 e. The van der Waals surface area contributed by atoms with E-state index in [1.165, 1.54) is 0 Å². The zero-order valence-electron chi connectivity index (χ0n) is 14.5. The molecule has 0 aliphatic carbocycles. The molecule has 1 saturated heterocycles. The molecule has 0 aromatic carbocycles. The fourth-order valence-corrected chi connectivity index (χ4v) is 3.46. The van der Waals surface area contributed by atoms with E-state index in [0.717, 1.165) is 30.7 Å². The number of fused-ring (bicyclic) bond motifs is 1. The fraction of sp³-hybridized carbons (Fsp3) is 0.294. The molecule has 0 spiro atoms. The lowest BCUT2D eigenvalue weighted by Gasteiger charge is -2.23. The Morgan fingerprint density at radius 3 is 3.15 bits per heavy atom. The summed E-state index contributed by atoms with van der Waals surface area (Å²) >= 11 is 0. The predicted molar refractivity (Wildman–Crippen MR) is 99.4 cm³/mol. The molecule has 0 radical (unpaired) electrons. The van der Waals surface area contributed by atoms with Crippen molar-refractivity contribution in [3.63, 3.8) is 0 Å². The van der Waals surface area contributed by atoms with Crippen LogP contribution in [-0.4, -0.2) is 58.6 Å². The number of hydrogen-bond donors (Lipinski definition) is 3. The van der Waals surface area contributed by atoms with Crippen LogP contribution in [0.3, 0.4) is 0 Å². The van der Waals surface area contributed by atoms with E-state index in [-0.39, 0.29) is 12.6 Å². The van der Waals surface area contributed by atoms with Gasteiger partial charge in [0.2, 0.25) is 5.95 Å². The highest BCUT2D eigenvalue weighted by molar-refractivity contribution is 5.73. The van der Waals surface area contributed by atoms with Crippen LogP contribution in [0.2, 0.25) is 0 Å². The van der Waals surface area contributed by atoms with Gasteiger partial charge in [-0.3, -0.25) is 9.67 Å². The quantitative estimate of drug-likeness (QED) is 0.489. The second-order valence-electron chi connectivity index (χ2n) is 6.49. The minimum atomic E-state index is 0.0599. The van der Waals surface area contributed by atoms with Gasteiger partial charge in [0, 0.05) is 25.0 Å². The third-order valence-electron chi connectivity index (χ3n) is 4.80. The number of aliphatic hydroxyl groups excluding tert-OH is 1. The summed E-state index contributed by atoms with van der Waals surface area (Å²) in [6.45, 7) is 0.940. The van der Waals surface area contributed by atoms with E-state index in [0.29, 0.717) is 17.6 Å². The predicted octanol–water partition coefficient (Wildman–Crippen LogP) is 1.34. The molecule has 0 saturated carbocycles. The molecule has 4 aromatic rings. The number of nitrogens with one attached hydrogen (secondary N) is 2. The van der Waals surface area contributed by atoms with Crippen LogP contribution in [0.5, 0.6) is 0 Å². The van der Waals surface area contributed by atoms with Gasteiger partial charge in [0.1, 0.15) is 17.7 Å². The average molecular weight is 365 g/mol. The van der Waals surface area contributed by atoms with Crippen LogP contribution in [0, 0.1) is 0 Å². The van der Waals surface area contributed by atoms with Crippen LogP contribution in [0.1, 0.15) is 12.8 Å². The van der Waals surface area contributed by atoms with Crippen LogP contribution < -0.4 is 10.2 Å². The maximum Gasteiger partial charge on any atom is 0.245 e. The van der Waals surface area contributed by atoms with E-state index in [9.17, 15) is 5.11 Å². The minimum Gasteiger partial charge on any atom is -0.394 e.